The topological polar surface area (TPSA) is 43.1 Å². The van der Waals surface area contributed by atoms with Crippen molar-refractivity contribution in [1.82, 2.24) is 0 Å². The van der Waals surface area contributed by atoms with Crippen molar-refractivity contribution in [3.63, 3.8) is 0 Å². The number of nitrogens with two attached hydrogens (primary N) is 1. The molecule has 0 saturated carbocycles. The van der Waals surface area contributed by atoms with E-state index in [1.54, 1.807) is 13.0 Å². The van der Waals surface area contributed by atoms with Crippen LogP contribution in [0.2, 0.25) is 5.02 Å². The number of rotatable bonds is 3. The van der Waals surface area contributed by atoms with Gasteiger partial charge in [-0.25, -0.2) is 4.39 Å². The summed E-state index contributed by atoms with van der Waals surface area (Å²) in [4.78, 5) is 11.5. The third-order valence-electron chi connectivity index (χ3n) is 1.60. The van der Waals surface area contributed by atoms with Gasteiger partial charge in [-0.3, -0.25) is 4.79 Å². The molecule has 0 spiro atoms. The van der Waals surface area contributed by atoms with Crippen molar-refractivity contribution < 1.29 is 9.18 Å². The highest BCUT2D eigenvalue weighted by Gasteiger charge is 2.11. The van der Waals surface area contributed by atoms with Gasteiger partial charge in [0.2, 0.25) is 5.91 Å². The second-order valence-electron chi connectivity index (χ2n) is 2.74. The fourth-order valence-electron chi connectivity index (χ4n) is 0.812. The molecule has 1 aromatic carbocycles. The minimum Gasteiger partial charge on any atom is -0.369 e. The lowest BCUT2D eigenvalue weighted by atomic mass is 10.3. The molecule has 0 aliphatic heterocycles. The molecule has 1 unspecified atom stereocenters. The van der Waals surface area contributed by atoms with Crippen molar-refractivity contribution in [2.75, 3.05) is 0 Å². The van der Waals surface area contributed by atoms with Crippen molar-refractivity contribution >= 4 is 29.3 Å². The van der Waals surface area contributed by atoms with Gasteiger partial charge in [0.15, 0.2) is 0 Å². The maximum atomic E-state index is 12.8. The first-order chi connectivity index (χ1) is 6.50. The third kappa shape index (κ3) is 2.89. The van der Waals surface area contributed by atoms with Crippen LogP contribution in [-0.2, 0) is 4.79 Å². The van der Waals surface area contributed by atoms with E-state index in [0.29, 0.717) is 0 Å². The summed E-state index contributed by atoms with van der Waals surface area (Å²) in [6.45, 7) is 1.68. The lowest BCUT2D eigenvalue weighted by Crippen LogP contribution is -2.22. The molecule has 0 aliphatic carbocycles. The predicted molar refractivity (Wildman–Crippen MR) is 55.9 cm³/mol. The summed E-state index contributed by atoms with van der Waals surface area (Å²) in [5.41, 5.74) is 5.08. The van der Waals surface area contributed by atoms with Crippen LogP contribution in [0.1, 0.15) is 6.92 Å². The molecule has 0 fully saturated rings. The van der Waals surface area contributed by atoms with E-state index in [-0.39, 0.29) is 10.3 Å². The molecule has 1 atom stereocenters. The van der Waals surface area contributed by atoms with Gasteiger partial charge >= 0.3 is 0 Å². The smallest absolute Gasteiger partial charge is 0.230 e. The van der Waals surface area contributed by atoms with E-state index in [1.165, 1.54) is 23.9 Å². The van der Waals surface area contributed by atoms with Gasteiger partial charge in [-0.1, -0.05) is 11.6 Å². The fourth-order valence-corrected chi connectivity index (χ4v) is 1.91. The number of carbonyl (C=O) groups excluding carboxylic acids is 1. The minimum absolute atomic E-state index is 0.0478. The van der Waals surface area contributed by atoms with Crippen molar-refractivity contribution in [3.05, 3.63) is 29.0 Å². The Hall–Kier alpha value is -0.740. The van der Waals surface area contributed by atoms with Gasteiger partial charge in [-0.15, -0.1) is 11.8 Å². The lowest BCUT2D eigenvalue weighted by Gasteiger charge is -2.06. The lowest BCUT2D eigenvalue weighted by molar-refractivity contribution is -0.117. The Labute approximate surface area is 90.6 Å². The second-order valence-corrected chi connectivity index (χ2v) is 4.56. The minimum atomic E-state index is -0.470. The summed E-state index contributed by atoms with van der Waals surface area (Å²) >= 11 is 6.82. The van der Waals surface area contributed by atoms with Crippen LogP contribution in [0.3, 0.4) is 0 Å². The zero-order valence-electron chi connectivity index (χ0n) is 7.46. The highest BCUT2D eigenvalue weighted by Crippen LogP contribution is 2.26. The molecule has 0 saturated heterocycles. The summed E-state index contributed by atoms with van der Waals surface area (Å²) in [5, 5.41) is -0.303. The maximum absolute atomic E-state index is 12.8. The highest BCUT2D eigenvalue weighted by molar-refractivity contribution is 8.00. The van der Waals surface area contributed by atoms with Gasteiger partial charge in [0.1, 0.15) is 5.82 Å². The molecule has 14 heavy (non-hydrogen) atoms. The SMILES string of the molecule is CC(Sc1ccc(F)c(Cl)c1)C(N)=O. The van der Waals surface area contributed by atoms with Crippen molar-refractivity contribution in [1.29, 1.82) is 0 Å². The number of hydrogen-bond donors (Lipinski definition) is 1. The quantitative estimate of drug-likeness (QED) is 0.815. The summed E-state index contributed by atoms with van der Waals surface area (Å²) in [6, 6.07) is 4.30. The number of hydrogen-bond acceptors (Lipinski definition) is 2. The molecule has 0 heterocycles. The van der Waals surface area contributed by atoms with E-state index in [2.05, 4.69) is 0 Å². The van der Waals surface area contributed by atoms with Gasteiger partial charge < -0.3 is 5.73 Å². The Bertz CT molecular complexity index is 359. The summed E-state index contributed by atoms with van der Waals surface area (Å²) in [5.74, 6) is -0.877. The number of thioether (sulfide) groups is 1. The Kier molecular flexibility index (Phi) is 3.77. The Morgan fingerprint density at radius 3 is 2.79 bits per heavy atom. The molecule has 76 valence electrons. The Balaban J connectivity index is 2.78. The van der Waals surface area contributed by atoms with Crippen LogP contribution >= 0.6 is 23.4 Å². The van der Waals surface area contributed by atoms with E-state index in [0.717, 1.165) is 4.90 Å². The predicted octanol–water partition coefficient (Wildman–Crippen LogP) is 2.45. The van der Waals surface area contributed by atoms with Crippen molar-refractivity contribution in [2.45, 2.75) is 17.1 Å². The van der Waals surface area contributed by atoms with E-state index in [4.69, 9.17) is 17.3 Å². The van der Waals surface area contributed by atoms with Crippen LogP contribution in [0.25, 0.3) is 0 Å². The molecule has 1 rings (SSSR count). The number of benzene rings is 1. The molecule has 5 heteroatoms. The molecule has 2 nitrogen and oxygen atoms in total. The molecule has 0 radical (unpaired) electrons. The summed E-state index contributed by atoms with van der Waals surface area (Å²) < 4.78 is 12.8. The number of carbonyl (C=O) groups is 1. The van der Waals surface area contributed by atoms with Crippen LogP contribution < -0.4 is 5.73 Å². The van der Waals surface area contributed by atoms with Crippen LogP contribution in [0.15, 0.2) is 23.1 Å². The molecular formula is C9H9ClFNOS. The van der Waals surface area contributed by atoms with Gasteiger partial charge in [-0.2, -0.15) is 0 Å². The molecule has 0 aliphatic rings. The van der Waals surface area contributed by atoms with Crippen LogP contribution in [0.4, 0.5) is 4.39 Å². The van der Waals surface area contributed by atoms with E-state index in [9.17, 15) is 9.18 Å². The van der Waals surface area contributed by atoms with E-state index < -0.39 is 11.7 Å². The molecule has 1 amide bonds. The zero-order valence-corrected chi connectivity index (χ0v) is 9.03. The van der Waals surface area contributed by atoms with E-state index in [1.807, 2.05) is 0 Å². The Morgan fingerprint density at radius 1 is 1.64 bits per heavy atom. The number of halogens is 2. The van der Waals surface area contributed by atoms with Gasteiger partial charge in [0.05, 0.1) is 10.3 Å². The normalized spacial score (nSPS) is 12.5. The number of amides is 1. The first kappa shape index (κ1) is 11.3. The number of primary amides is 1. The first-order valence-corrected chi connectivity index (χ1v) is 5.17. The first-order valence-electron chi connectivity index (χ1n) is 3.91. The zero-order chi connectivity index (χ0) is 10.7. The second kappa shape index (κ2) is 4.66. The van der Waals surface area contributed by atoms with Gasteiger partial charge in [-0.05, 0) is 25.1 Å². The van der Waals surface area contributed by atoms with Crippen molar-refractivity contribution in [3.8, 4) is 0 Å². The van der Waals surface area contributed by atoms with Gasteiger partial charge in [0.25, 0.3) is 0 Å². The van der Waals surface area contributed by atoms with Gasteiger partial charge in [0, 0.05) is 4.90 Å². The molecular weight excluding hydrogens is 225 g/mol. The maximum Gasteiger partial charge on any atom is 0.230 e. The largest absolute Gasteiger partial charge is 0.369 e. The van der Waals surface area contributed by atoms with Crippen LogP contribution in [0, 0.1) is 5.82 Å². The molecule has 1 aromatic rings. The van der Waals surface area contributed by atoms with E-state index >= 15 is 0 Å². The fraction of sp³-hybridized carbons (Fsp3) is 0.222. The summed E-state index contributed by atoms with van der Waals surface area (Å²) in [6.07, 6.45) is 0. The average Bonchev–Trinajstić information content (AvgIpc) is 2.11. The monoisotopic (exact) mass is 233 g/mol. The van der Waals surface area contributed by atoms with Crippen molar-refractivity contribution in [2.24, 2.45) is 5.73 Å². The molecule has 0 aromatic heterocycles. The standard InChI is InChI=1S/C9H9ClFNOS/c1-5(9(12)13)14-6-2-3-8(11)7(10)4-6/h2-5H,1H3,(H2,12,13). The third-order valence-corrected chi connectivity index (χ3v) is 3.01. The summed E-state index contributed by atoms with van der Waals surface area (Å²) in [7, 11) is 0. The Morgan fingerprint density at radius 2 is 2.29 bits per heavy atom. The van der Waals surface area contributed by atoms with Crippen LogP contribution in [0.5, 0.6) is 0 Å². The van der Waals surface area contributed by atoms with Crippen LogP contribution in [-0.4, -0.2) is 11.2 Å². The highest BCUT2D eigenvalue weighted by atomic mass is 35.5. The molecule has 0 bridgehead atoms. The average molecular weight is 234 g/mol. The molecule has 2 N–H and O–H groups in total.